The van der Waals surface area contributed by atoms with E-state index in [4.69, 9.17) is 22.7 Å². The maximum absolute atomic E-state index is 6.02. The molecule has 2 rings (SSSR count). The fourth-order valence-electron chi connectivity index (χ4n) is 2.05. The second-order valence-corrected chi connectivity index (χ2v) is 5.03. The number of thiocarbonyl (C=S) groups is 1. The van der Waals surface area contributed by atoms with Gasteiger partial charge in [-0.05, 0) is 42.3 Å². The summed E-state index contributed by atoms with van der Waals surface area (Å²) in [6.07, 6.45) is 0.702. The zero-order chi connectivity index (χ0) is 14.4. The molecule has 0 bridgehead atoms. The van der Waals surface area contributed by atoms with E-state index < -0.39 is 0 Å². The first-order valence-electron chi connectivity index (χ1n) is 6.77. The van der Waals surface area contributed by atoms with Crippen LogP contribution in [0.3, 0.4) is 0 Å². The van der Waals surface area contributed by atoms with Crippen LogP contribution in [0.15, 0.2) is 54.6 Å². The Morgan fingerprint density at radius 3 is 2.25 bits per heavy atom. The standard InChI is InChI=1S/C17H19NOS/c1-2-19-17(20)16(18)12-13-8-10-15(11-9-13)14-6-4-3-5-7-14/h3-11,16H,2,12,18H2,1H3/t16-/m0/s1. The maximum Gasteiger partial charge on any atom is 0.176 e. The monoisotopic (exact) mass is 285 g/mol. The van der Waals surface area contributed by atoms with Crippen molar-refractivity contribution in [3.63, 3.8) is 0 Å². The van der Waals surface area contributed by atoms with Gasteiger partial charge in [-0.25, -0.2) is 0 Å². The van der Waals surface area contributed by atoms with Gasteiger partial charge in [-0.3, -0.25) is 0 Å². The molecule has 0 radical (unpaired) electrons. The van der Waals surface area contributed by atoms with Gasteiger partial charge in [0, 0.05) is 0 Å². The van der Waals surface area contributed by atoms with E-state index in [1.807, 2.05) is 25.1 Å². The van der Waals surface area contributed by atoms with Crippen molar-refractivity contribution >= 4 is 17.3 Å². The molecule has 0 saturated carbocycles. The van der Waals surface area contributed by atoms with Gasteiger partial charge in [0.15, 0.2) is 5.05 Å². The van der Waals surface area contributed by atoms with Crippen molar-refractivity contribution in [3.05, 3.63) is 60.2 Å². The lowest BCUT2D eigenvalue weighted by molar-refractivity contribution is 0.321. The number of rotatable bonds is 5. The molecule has 2 N–H and O–H groups in total. The number of nitrogens with two attached hydrogens (primary N) is 1. The van der Waals surface area contributed by atoms with Gasteiger partial charge in [0.05, 0.1) is 12.6 Å². The predicted octanol–water partition coefficient (Wildman–Crippen LogP) is 3.59. The van der Waals surface area contributed by atoms with Crippen LogP contribution in [0, 0.1) is 0 Å². The van der Waals surface area contributed by atoms with Gasteiger partial charge in [0.2, 0.25) is 0 Å². The molecule has 0 aliphatic rings. The summed E-state index contributed by atoms with van der Waals surface area (Å²) in [6.45, 7) is 2.48. The van der Waals surface area contributed by atoms with Crippen molar-refractivity contribution < 1.29 is 4.74 Å². The highest BCUT2D eigenvalue weighted by Gasteiger charge is 2.11. The van der Waals surface area contributed by atoms with Gasteiger partial charge >= 0.3 is 0 Å². The van der Waals surface area contributed by atoms with Crippen LogP contribution >= 0.6 is 12.2 Å². The van der Waals surface area contributed by atoms with Crippen molar-refractivity contribution in [2.24, 2.45) is 5.73 Å². The zero-order valence-corrected chi connectivity index (χ0v) is 12.4. The molecule has 0 aliphatic heterocycles. The highest BCUT2D eigenvalue weighted by molar-refractivity contribution is 7.80. The van der Waals surface area contributed by atoms with E-state index in [0.29, 0.717) is 18.1 Å². The van der Waals surface area contributed by atoms with Crippen LogP contribution in [0.5, 0.6) is 0 Å². The first-order valence-corrected chi connectivity index (χ1v) is 7.18. The lowest BCUT2D eigenvalue weighted by Crippen LogP contribution is -2.33. The molecule has 0 aromatic heterocycles. The lowest BCUT2D eigenvalue weighted by Gasteiger charge is -2.13. The maximum atomic E-state index is 6.02. The van der Waals surface area contributed by atoms with Crippen molar-refractivity contribution in [2.75, 3.05) is 6.61 Å². The summed E-state index contributed by atoms with van der Waals surface area (Å²) in [5, 5.41) is 0.486. The minimum atomic E-state index is -0.229. The third-order valence-corrected chi connectivity index (χ3v) is 3.53. The molecular formula is C17H19NOS. The second kappa shape index (κ2) is 7.17. The zero-order valence-electron chi connectivity index (χ0n) is 11.6. The SMILES string of the molecule is CCOC(=S)[C@@H](N)Cc1ccc(-c2ccccc2)cc1. The van der Waals surface area contributed by atoms with E-state index >= 15 is 0 Å². The van der Waals surface area contributed by atoms with Crippen LogP contribution in [-0.2, 0) is 11.2 Å². The Labute approximate surface area is 125 Å². The molecule has 0 heterocycles. The van der Waals surface area contributed by atoms with Gasteiger partial charge < -0.3 is 10.5 Å². The predicted molar refractivity (Wildman–Crippen MR) is 87.8 cm³/mol. The molecule has 2 aromatic carbocycles. The van der Waals surface area contributed by atoms with Crippen LogP contribution in [0.1, 0.15) is 12.5 Å². The average molecular weight is 285 g/mol. The minimum absolute atomic E-state index is 0.229. The minimum Gasteiger partial charge on any atom is -0.486 e. The topological polar surface area (TPSA) is 35.2 Å². The van der Waals surface area contributed by atoms with Crippen LogP contribution in [-0.4, -0.2) is 17.7 Å². The van der Waals surface area contributed by atoms with Crippen molar-refractivity contribution in [1.82, 2.24) is 0 Å². The average Bonchev–Trinajstić information content (AvgIpc) is 2.49. The third kappa shape index (κ3) is 3.89. The quantitative estimate of drug-likeness (QED) is 0.853. The molecular weight excluding hydrogens is 266 g/mol. The van der Waals surface area contributed by atoms with E-state index in [0.717, 1.165) is 0 Å². The highest BCUT2D eigenvalue weighted by Crippen LogP contribution is 2.19. The summed E-state index contributed by atoms with van der Waals surface area (Å²) in [4.78, 5) is 0. The molecule has 20 heavy (non-hydrogen) atoms. The molecule has 0 amide bonds. The Bertz CT molecular complexity index is 551. The Morgan fingerprint density at radius 2 is 1.65 bits per heavy atom. The van der Waals surface area contributed by atoms with Crippen LogP contribution in [0.4, 0.5) is 0 Å². The first-order chi connectivity index (χ1) is 9.70. The molecule has 2 aromatic rings. The largest absolute Gasteiger partial charge is 0.486 e. The van der Waals surface area contributed by atoms with Crippen LogP contribution in [0.25, 0.3) is 11.1 Å². The summed E-state index contributed by atoms with van der Waals surface area (Å²) >= 11 is 5.13. The fraction of sp³-hybridized carbons (Fsp3) is 0.235. The molecule has 0 fully saturated rings. The lowest BCUT2D eigenvalue weighted by atomic mass is 10.0. The van der Waals surface area contributed by atoms with Crippen LogP contribution < -0.4 is 5.73 Å². The van der Waals surface area contributed by atoms with E-state index in [9.17, 15) is 0 Å². The van der Waals surface area contributed by atoms with E-state index in [-0.39, 0.29) is 6.04 Å². The molecule has 3 heteroatoms. The summed E-state index contributed by atoms with van der Waals surface area (Å²) in [5.41, 5.74) is 9.60. The second-order valence-electron chi connectivity index (χ2n) is 4.63. The Kier molecular flexibility index (Phi) is 5.27. The van der Waals surface area contributed by atoms with E-state index in [1.54, 1.807) is 0 Å². The van der Waals surface area contributed by atoms with E-state index in [1.165, 1.54) is 16.7 Å². The van der Waals surface area contributed by atoms with Crippen molar-refractivity contribution in [1.29, 1.82) is 0 Å². The summed E-state index contributed by atoms with van der Waals surface area (Å²) in [5.74, 6) is 0. The first kappa shape index (κ1) is 14.7. The van der Waals surface area contributed by atoms with Gasteiger partial charge in [-0.2, -0.15) is 0 Å². The molecule has 2 nitrogen and oxygen atoms in total. The molecule has 0 unspecified atom stereocenters. The molecule has 0 spiro atoms. The summed E-state index contributed by atoms with van der Waals surface area (Å²) < 4.78 is 5.28. The third-order valence-electron chi connectivity index (χ3n) is 3.11. The van der Waals surface area contributed by atoms with E-state index in [2.05, 4.69) is 36.4 Å². The molecule has 0 saturated heterocycles. The molecule has 0 aliphatic carbocycles. The van der Waals surface area contributed by atoms with Gasteiger partial charge in [0.25, 0.3) is 0 Å². The summed E-state index contributed by atoms with van der Waals surface area (Å²) in [6, 6.07) is 18.5. The smallest absolute Gasteiger partial charge is 0.176 e. The van der Waals surface area contributed by atoms with Crippen molar-refractivity contribution in [3.8, 4) is 11.1 Å². The van der Waals surface area contributed by atoms with Gasteiger partial charge in [-0.15, -0.1) is 0 Å². The Hall–Kier alpha value is -1.71. The van der Waals surface area contributed by atoms with Crippen LogP contribution in [0.2, 0.25) is 0 Å². The normalized spacial score (nSPS) is 11.9. The summed E-state index contributed by atoms with van der Waals surface area (Å²) in [7, 11) is 0. The van der Waals surface area contributed by atoms with Gasteiger partial charge in [0.1, 0.15) is 0 Å². The van der Waals surface area contributed by atoms with Gasteiger partial charge in [-0.1, -0.05) is 54.6 Å². The molecule has 104 valence electrons. The number of benzene rings is 2. The highest BCUT2D eigenvalue weighted by atomic mass is 32.1. The Balaban J connectivity index is 2.04. The number of hydrogen-bond donors (Lipinski definition) is 1. The number of hydrogen-bond acceptors (Lipinski definition) is 3. The molecule has 1 atom stereocenters. The van der Waals surface area contributed by atoms with Crippen molar-refractivity contribution in [2.45, 2.75) is 19.4 Å². The number of ether oxygens (including phenoxy) is 1. The Morgan fingerprint density at radius 1 is 1.05 bits per heavy atom. The fourth-order valence-corrected chi connectivity index (χ4v) is 2.25.